The molecule has 1 aliphatic heterocycles. The number of carbonyl (C=O) groups is 1. The maximum atomic E-state index is 11.5. The lowest BCUT2D eigenvalue weighted by molar-refractivity contribution is -0.145. The van der Waals surface area contributed by atoms with Gasteiger partial charge in [0.1, 0.15) is 5.54 Å². The van der Waals surface area contributed by atoms with E-state index < -0.39 is 11.5 Å². The second kappa shape index (κ2) is 6.68. The molecule has 1 atom stereocenters. The average molecular weight is 272 g/mol. The van der Waals surface area contributed by atoms with Gasteiger partial charge in [-0.15, -0.1) is 0 Å². The van der Waals surface area contributed by atoms with Crippen molar-refractivity contribution in [2.24, 2.45) is 0 Å². The molecule has 2 N–H and O–H groups in total. The maximum Gasteiger partial charge on any atom is 0.323 e. The standard InChI is InChI=1S/C14H28N2O3/c1-5-7-15-14(4,12(17)18)6-8-16-9-10-19-11-13(16,2)3/h15H,5-11H2,1-4H3,(H,17,18). The van der Waals surface area contributed by atoms with E-state index in [1.54, 1.807) is 6.92 Å². The molecule has 1 aliphatic rings. The van der Waals surface area contributed by atoms with Crippen LogP contribution in [0, 0.1) is 0 Å². The van der Waals surface area contributed by atoms with E-state index in [4.69, 9.17) is 4.74 Å². The first-order chi connectivity index (χ1) is 8.82. The molecule has 0 radical (unpaired) electrons. The molecule has 1 saturated heterocycles. The van der Waals surface area contributed by atoms with Crippen molar-refractivity contribution in [3.63, 3.8) is 0 Å². The second-order valence-corrected chi connectivity index (χ2v) is 6.17. The summed E-state index contributed by atoms with van der Waals surface area (Å²) in [5.74, 6) is -0.771. The number of carboxylic acids is 1. The summed E-state index contributed by atoms with van der Waals surface area (Å²) in [5.41, 5.74) is -0.854. The van der Waals surface area contributed by atoms with Crippen LogP contribution >= 0.6 is 0 Å². The molecule has 1 unspecified atom stereocenters. The van der Waals surface area contributed by atoms with Crippen molar-refractivity contribution in [2.45, 2.75) is 51.6 Å². The van der Waals surface area contributed by atoms with E-state index in [1.165, 1.54) is 0 Å². The third-order valence-electron chi connectivity index (χ3n) is 3.94. The van der Waals surface area contributed by atoms with Crippen LogP contribution in [0.4, 0.5) is 0 Å². The molecule has 19 heavy (non-hydrogen) atoms. The Hall–Kier alpha value is -0.650. The van der Waals surface area contributed by atoms with Crippen molar-refractivity contribution in [3.8, 4) is 0 Å². The highest BCUT2D eigenvalue weighted by Gasteiger charge is 2.36. The molecule has 1 heterocycles. The average Bonchev–Trinajstić information content (AvgIpc) is 2.34. The lowest BCUT2D eigenvalue weighted by Crippen LogP contribution is -2.57. The number of carboxylic acid groups (broad SMARTS) is 1. The van der Waals surface area contributed by atoms with E-state index in [0.29, 0.717) is 13.0 Å². The summed E-state index contributed by atoms with van der Waals surface area (Å²) in [6, 6.07) is 0. The van der Waals surface area contributed by atoms with Gasteiger partial charge in [-0.2, -0.15) is 0 Å². The molecule has 0 bridgehead atoms. The Morgan fingerprint density at radius 3 is 2.74 bits per heavy atom. The zero-order chi connectivity index (χ0) is 14.5. The van der Waals surface area contributed by atoms with Crippen LogP contribution in [-0.2, 0) is 9.53 Å². The van der Waals surface area contributed by atoms with E-state index in [9.17, 15) is 9.90 Å². The summed E-state index contributed by atoms with van der Waals surface area (Å²) in [7, 11) is 0. The zero-order valence-corrected chi connectivity index (χ0v) is 12.7. The molecule has 0 amide bonds. The minimum Gasteiger partial charge on any atom is -0.480 e. The Labute approximate surface area is 116 Å². The van der Waals surface area contributed by atoms with Crippen LogP contribution in [0.2, 0.25) is 0 Å². The molecule has 1 rings (SSSR count). The fourth-order valence-electron chi connectivity index (χ4n) is 2.34. The lowest BCUT2D eigenvalue weighted by Gasteiger charge is -2.43. The van der Waals surface area contributed by atoms with Crippen molar-refractivity contribution >= 4 is 5.97 Å². The smallest absolute Gasteiger partial charge is 0.323 e. The highest BCUT2D eigenvalue weighted by atomic mass is 16.5. The Balaban J connectivity index is 2.58. The molecule has 0 aromatic carbocycles. The zero-order valence-electron chi connectivity index (χ0n) is 12.7. The predicted octanol–water partition coefficient (Wildman–Crippen LogP) is 1.33. The maximum absolute atomic E-state index is 11.5. The van der Waals surface area contributed by atoms with Gasteiger partial charge >= 0.3 is 5.97 Å². The molecule has 1 fully saturated rings. The van der Waals surface area contributed by atoms with Crippen LogP contribution in [0.5, 0.6) is 0 Å². The van der Waals surface area contributed by atoms with E-state index in [0.717, 1.165) is 32.7 Å². The summed E-state index contributed by atoms with van der Waals surface area (Å²) < 4.78 is 5.49. The molecule has 0 aliphatic carbocycles. The van der Waals surface area contributed by atoms with Gasteiger partial charge in [-0.25, -0.2) is 0 Å². The summed E-state index contributed by atoms with van der Waals surface area (Å²) in [6.45, 7) is 11.9. The number of hydrogen-bond donors (Lipinski definition) is 2. The fraction of sp³-hybridized carbons (Fsp3) is 0.929. The monoisotopic (exact) mass is 272 g/mol. The molecule has 5 heteroatoms. The molecular weight excluding hydrogens is 244 g/mol. The van der Waals surface area contributed by atoms with Gasteiger partial charge in [0.25, 0.3) is 0 Å². The second-order valence-electron chi connectivity index (χ2n) is 6.17. The van der Waals surface area contributed by atoms with Gasteiger partial charge in [-0.05, 0) is 40.2 Å². The number of nitrogens with one attached hydrogen (secondary N) is 1. The van der Waals surface area contributed by atoms with Gasteiger partial charge in [0.2, 0.25) is 0 Å². The number of ether oxygens (including phenoxy) is 1. The molecule has 0 spiro atoms. The lowest BCUT2D eigenvalue weighted by atomic mass is 9.95. The number of morpholine rings is 1. The van der Waals surface area contributed by atoms with Gasteiger partial charge in [0.05, 0.1) is 13.2 Å². The Morgan fingerprint density at radius 1 is 1.53 bits per heavy atom. The number of hydrogen-bond acceptors (Lipinski definition) is 4. The Kier molecular flexibility index (Phi) is 5.77. The summed E-state index contributed by atoms with van der Waals surface area (Å²) in [4.78, 5) is 13.8. The van der Waals surface area contributed by atoms with Crippen molar-refractivity contribution < 1.29 is 14.6 Å². The third kappa shape index (κ3) is 4.44. The van der Waals surface area contributed by atoms with Crippen LogP contribution < -0.4 is 5.32 Å². The minimum atomic E-state index is -0.843. The highest BCUT2D eigenvalue weighted by Crippen LogP contribution is 2.21. The van der Waals surface area contributed by atoms with Gasteiger partial charge in [0.15, 0.2) is 0 Å². The van der Waals surface area contributed by atoms with Gasteiger partial charge in [-0.1, -0.05) is 6.92 Å². The van der Waals surface area contributed by atoms with Gasteiger partial charge in [0, 0.05) is 18.6 Å². The topological polar surface area (TPSA) is 61.8 Å². The van der Waals surface area contributed by atoms with E-state index in [1.807, 2.05) is 6.92 Å². The van der Waals surface area contributed by atoms with Crippen molar-refractivity contribution in [1.29, 1.82) is 0 Å². The van der Waals surface area contributed by atoms with Gasteiger partial charge < -0.3 is 15.2 Å². The predicted molar refractivity (Wildman–Crippen MR) is 75.4 cm³/mol. The normalized spacial score (nSPS) is 22.9. The number of aliphatic carboxylic acids is 1. The summed E-state index contributed by atoms with van der Waals surface area (Å²) >= 11 is 0. The van der Waals surface area contributed by atoms with Crippen LogP contribution in [0.15, 0.2) is 0 Å². The molecule has 0 aromatic heterocycles. The van der Waals surface area contributed by atoms with Crippen LogP contribution in [-0.4, -0.2) is 59.9 Å². The van der Waals surface area contributed by atoms with Crippen LogP contribution in [0.25, 0.3) is 0 Å². The Bertz CT molecular complexity index is 307. The number of rotatable bonds is 7. The van der Waals surface area contributed by atoms with Crippen LogP contribution in [0.1, 0.15) is 40.5 Å². The highest BCUT2D eigenvalue weighted by molar-refractivity contribution is 5.78. The summed E-state index contributed by atoms with van der Waals surface area (Å²) in [6.07, 6.45) is 1.54. The first-order valence-electron chi connectivity index (χ1n) is 7.13. The first kappa shape index (κ1) is 16.4. The third-order valence-corrected chi connectivity index (χ3v) is 3.94. The SMILES string of the molecule is CCCNC(C)(CCN1CCOCC1(C)C)C(=O)O. The van der Waals surface area contributed by atoms with Crippen LogP contribution in [0.3, 0.4) is 0 Å². The fourth-order valence-corrected chi connectivity index (χ4v) is 2.34. The quantitative estimate of drug-likeness (QED) is 0.732. The summed E-state index contributed by atoms with van der Waals surface area (Å²) in [5, 5.41) is 12.6. The minimum absolute atomic E-state index is 0.0115. The van der Waals surface area contributed by atoms with Crippen molar-refractivity contribution in [1.82, 2.24) is 10.2 Å². The van der Waals surface area contributed by atoms with E-state index in [-0.39, 0.29) is 5.54 Å². The van der Waals surface area contributed by atoms with E-state index >= 15 is 0 Å². The van der Waals surface area contributed by atoms with Crippen molar-refractivity contribution in [3.05, 3.63) is 0 Å². The molecule has 0 aromatic rings. The van der Waals surface area contributed by atoms with E-state index in [2.05, 4.69) is 24.1 Å². The van der Waals surface area contributed by atoms with Gasteiger partial charge in [-0.3, -0.25) is 9.69 Å². The largest absolute Gasteiger partial charge is 0.480 e. The molecule has 5 nitrogen and oxygen atoms in total. The van der Waals surface area contributed by atoms with Crippen molar-refractivity contribution in [2.75, 3.05) is 32.8 Å². The first-order valence-corrected chi connectivity index (χ1v) is 7.13. The molecular formula is C14H28N2O3. The Morgan fingerprint density at radius 2 is 2.21 bits per heavy atom. The number of nitrogens with zero attached hydrogens (tertiary/aromatic N) is 1. The molecule has 112 valence electrons. The molecule has 0 saturated carbocycles.